The van der Waals surface area contributed by atoms with Crippen LogP contribution in [0.3, 0.4) is 0 Å². The molecule has 0 bridgehead atoms. The van der Waals surface area contributed by atoms with Crippen LogP contribution >= 0.6 is 11.6 Å². The Morgan fingerprint density at radius 1 is 1.40 bits per heavy atom. The lowest BCUT2D eigenvalue weighted by Crippen LogP contribution is -2.49. The van der Waals surface area contributed by atoms with Gasteiger partial charge >= 0.3 is 0 Å². The molecule has 0 aliphatic carbocycles. The molecule has 0 radical (unpaired) electrons. The molecule has 0 spiro atoms. The molecule has 0 unspecified atom stereocenters. The Morgan fingerprint density at radius 2 is 2.16 bits per heavy atom. The van der Waals surface area contributed by atoms with Gasteiger partial charge in [-0.25, -0.2) is 0 Å². The van der Waals surface area contributed by atoms with Gasteiger partial charge in [0.1, 0.15) is 5.75 Å². The summed E-state index contributed by atoms with van der Waals surface area (Å²) in [6.45, 7) is 4.93. The quantitative estimate of drug-likeness (QED) is 0.866. The van der Waals surface area contributed by atoms with Gasteiger partial charge in [-0.05, 0) is 44.5 Å². The minimum absolute atomic E-state index is 0.0746. The first-order valence-corrected chi connectivity index (χ1v) is 9.08. The smallest absolute Gasteiger partial charge is 0.241 e. The minimum atomic E-state index is -0.257. The number of likely N-dealkylation sites (tertiary alicyclic amines) is 1. The van der Waals surface area contributed by atoms with E-state index in [0.29, 0.717) is 35.6 Å². The van der Waals surface area contributed by atoms with Crippen molar-refractivity contribution in [3.8, 4) is 5.75 Å². The van der Waals surface area contributed by atoms with Crippen LogP contribution in [0.1, 0.15) is 19.8 Å². The molecular weight excluding hydrogens is 344 g/mol. The second kappa shape index (κ2) is 8.36. The SMILES string of the molecule is COc1ccc(Cl)cc1NC(=O)[C@@H](C)N1CCC[C@@H](C2OCCO2)C1. The summed E-state index contributed by atoms with van der Waals surface area (Å²) in [5, 5.41) is 3.48. The summed E-state index contributed by atoms with van der Waals surface area (Å²) in [5.74, 6) is 0.830. The number of amides is 1. The monoisotopic (exact) mass is 368 g/mol. The summed E-state index contributed by atoms with van der Waals surface area (Å²) in [7, 11) is 1.57. The third kappa shape index (κ3) is 4.44. The molecule has 1 aromatic carbocycles. The highest BCUT2D eigenvalue weighted by molar-refractivity contribution is 6.31. The average Bonchev–Trinajstić information content (AvgIpc) is 3.16. The zero-order valence-electron chi connectivity index (χ0n) is 14.7. The summed E-state index contributed by atoms with van der Waals surface area (Å²) in [4.78, 5) is 14.9. The fourth-order valence-electron chi connectivity index (χ4n) is 3.44. The molecule has 25 heavy (non-hydrogen) atoms. The summed E-state index contributed by atoms with van der Waals surface area (Å²) < 4.78 is 16.6. The standard InChI is InChI=1S/C18H25ClN2O4/c1-12(17(22)20-15-10-14(19)5-6-16(15)23-2)21-7-3-4-13(11-21)18-24-8-9-25-18/h5-6,10,12-13,18H,3-4,7-9,11H2,1-2H3,(H,20,22)/t12-,13-/m1/s1. The number of nitrogens with zero attached hydrogens (tertiary/aromatic N) is 1. The number of ether oxygens (including phenoxy) is 3. The molecule has 1 aromatic rings. The van der Waals surface area contributed by atoms with Crippen LogP contribution in [-0.4, -0.2) is 56.6 Å². The van der Waals surface area contributed by atoms with E-state index in [2.05, 4.69) is 10.2 Å². The van der Waals surface area contributed by atoms with E-state index >= 15 is 0 Å². The lowest BCUT2D eigenvalue weighted by molar-refractivity contribution is -0.126. The number of benzene rings is 1. The molecule has 1 N–H and O–H groups in total. The number of carbonyl (C=O) groups excluding carboxylic acids is 1. The topological polar surface area (TPSA) is 60.0 Å². The average molecular weight is 369 g/mol. The second-order valence-corrected chi connectivity index (χ2v) is 6.95. The molecule has 2 fully saturated rings. The normalized spacial score (nSPS) is 23.4. The molecule has 2 aliphatic heterocycles. The molecule has 138 valence electrons. The second-order valence-electron chi connectivity index (χ2n) is 6.52. The maximum atomic E-state index is 12.7. The zero-order chi connectivity index (χ0) is 17.8. The number of hydrogen-bond acceptors (Lipinski definition) is 5. The predicted molar refractivity (Wildman–Crippen MR) is 96.1 cm³/mol. The summed E-state index contributed by atoms with van der Waals surface area (Å²) >= 11 is 6.03. The van der Waals surface area contributed by atoms with Crippen LogP contribution in [0.15, 0.2) is 18.2 Å². The first-order chi connectivity index (χ1) is 12.1. The number of halogens is 1. The third-order valence-electron chi connectivity index (χ3n) is 4.87. The van der Waals surface area contributed by atoms with Crippen LogP contribution in [0.5, 0.6) is 5.75 Å². The highest BCUT2D eigenvalue weighted by Crippen LogP contribution is 2.29. The lowest BCUT2D eigenvalue weighted by atomic mass is 9.96. The highest BCUT2D eigenvalue weighted by atomic mass is 35.5. The fraction of sp³-hybridized carbons (Fsp3) is 0.611. The Kier molecular flexibility index (Phi) is 6.17. The Morgan fingerprint density at radius 3 is 2.88 bits per heavy atom. The summed E-state index contributed by atoms with van der Waals surface area (Å²) in [5.41, 5.74) is 0.586. The zero-order valence-corrected chi connectivity index (χ0v) is 15.4. The number of hydrogen-bond donors (Lipinski definition) is 1. The van der Waals surface area contributed by atoms with Crippen molar-refractivity contribution in [2.45, 2.75) is 32.1 Å². The van der Waals surface area contributed by atoms with Crippen LogP contribution in [-0.2, 0) is 14.3 Å². The molecule has 6 nitrogen and oxygen atoms in total. The molecule has 2 saturated heterocycles. The van der Waals surface area contributed by atoms with Crippen molar-refractivity contribution in [2.75, 3.05) is 38.7 Å². The number of piperidine rings is 1. The van der Waals surface area contributed by atoms with E-state index in [9.17, 15) is 4.79 Å². The molecule has 3 rings (SSSR count). The van der Waals surface area contributed by atoms with E-state index < -0.39 is 0 Å². The third-order valence-corrected chi connectivity index (χ3v) is 5.10. The van der Waals surface area contributed by atoms with Gasteiger partial charge in [-0.3, -0.25) is 9.69 Å². The molecule has 2 aliphatic rings. The number of carbonyl (C=O) groups is 1. The first-order valence-electron chi connectivity index (χ1n) is 8.70. The molecule has 0 saturated carbocycles. The van der Waals surface area contributed by atoms with Crippen molar-refractivity contribution in [3.63, 3.8) is 0 Å². The van der Waals surface area contributed by atoms with Crippen molar-refractivity contribution in [1.82, 2.24) is 4.90 Å². The van der Waals surface area contributed by atoms with Gasteiger partial charge in [0.2, 0.25) is 5.91 Å². The Labute approximate surface area is 153 Å². The van der Waals surface area contributed by atoms with Crippen LogP contribution in [0, 0.1) is 5.92 Å². The van der Waals surface area contributed by atoms with Crippen molar-refractivity contribution in [3.05, 3.63) is 23.2 Å². The minimum Gasteiger partial charge on any atom is -0.495 e. The van der Waals surface area contributed by atoms with Gasteiger partial charge in [0, 0.05) is 17.5 Å². The largest absolute Gasteiger partial charge is 0.495 e. The van der Waals surface area contributed by atoms with Crippen molar-refractivity contribution in [1.29, 1.82) is 0 Å². The summed E-state index contributed by atoms with van der Waals surface area (Å²) in [6, 6.07) is 4.92. The van der Waals surface area contributed by atoms with Gasteiger partial charge in [0.15, 0.2) is 6.29 Å². The maximum absolute atomic E-state index is 12.7. The molecule has 2 atom stereocenters. The van der Waals surface area contributed by atoms with Crippen LogP contribution in [0.4, 0.5) is 5.69 Å². The Hall–Kier alpha value is -1.34. The Bertz CT molecular complexity index is 607. The lowest BCUT2D eigenvalue weighted by Gasteiger charge is -2.37. The van der Waals surface area contributed by atoms with Crippen molar-refractivity contribution in [2.24, 2.45) is 5.92 Å². The van der Waals surface area contributed by atoms with E-state index in [-0.39, 0.29) is 18.2 Å². The number of rotatable bonds is 5. The van der Waals surface area contributed by atoms with E-state index in [1.807, 2.05) is 6.92 Å². The first kappa shape index (κ1) is 18.5. The molecule has 2 heterocycles. The van der Waals surface area contributed by atoms with Gasteiger partial charge < -0.3 is 19.5 Å². The molecule has 0 aromatic heterocycles. The number of nitrogens with one attached hydrogen (secondary N) is 1. The molecular formula is C18H25ClN2O4. The van der Waals surface area contributed by atoms with Gasteiger partial charge in [0.05, 0.1) is 32.1 Å². The van der Waals surface area contributed by atoms with Crippen molar-refractivity contribution >= 4 is 23.2 Å². The van der Waals surface area contributed by atoms with Gasteiger partial charge in [-0.2, -0.15) is 0 Å². The summed E-state index contributed by atoms with van der Waals surface area (Å²) in [6.07, 6.45) is 1.97. The maximum Gasteiger partial charge on any atom is 0.241 e. The van der Waals surface area contributed by atoms with Crippen molar-refractivity contribution < 1.29 is 19.0 Å². The van der Waals surface area contributed by atoms with E-state index in [1.165, 1.54) is 0 Å². The number of methoxy groups -OCH3 is 1. The number of anilines is 1. The van der Waals surface area contributed by atoms with Gasteiger partial charge in [-0.1, -0.05) is 11.6 Å². The van der Waals surface area contributed by atoms with Crippen LogP contribution in [0.2, 0.25) is 5.02 Å². The van der Waals surface area contributed by atoms with E-state index in [1.54, 1.807) is 25.3 Å². The van der Waals surface area contributed by atoms with Gasteiger partial charge in [-0.15, -0.1) is 0 Å². The van der Waals surface area contributed by atoms with E-state index in [4.69, 9.17) is 25.8 Å². The predicted octanol–water partition coefficient (Wildman–Crippen LogP) is 2.76. The van der Waals surface area contributed by atoms with Crippen LogP contribution in [0.25, 0.3) is 0 Å². The highest BCUT2D eigenvalue weighted by Gasteiger charge is 2.34. The van der Waals surface area contributed by atoms with Gasteiger partial charge in [0.25, 0.3) is 0 Å². The Balaban J connectivity index is 1.62. The molecule has 1 amide bonds. The molecule has 7 heteroatoms. The van der Waals surface area contributed by atoms with Crippen LogP contribution < -0.4 is 10.1 Å². The fourth-order valence-corrected chi connectivity index (χ4v) is 3.62. The van der Waals surface area contributed by atoms with E-state index in [0.717, 1.165) is 25.9 Å².